The number of hydrogen-bond acceptors (Lipinski definition) is 3. The Bertz CT molecular complexity index is 880. The number of hydrogen-bond donors (Lipinski definition) is 1. The number of nitrogens with one attached hydrogen (secondary N) is 1. The molecular formula is C19H18N2O2. The molecule has 116 valence electrons. The van der Waals surface area contributed by atoms with Gasteiger partial charge < -0.3 is 9.72 Å². The molecule has 1 N–H and O–H groups in total. The molecule has 0 aliphatic heterocycles. The fourth-order valence-electron chi connectivity index (χ4n) is 2.63. The maximum atomic E-state index is 12.2. The lowest BCUT2D eigenvalue weighted by molar-refractivity contribution is 0.288. The van der Waals surface area contributed by atoms with Gasteiger partial charge in [0.1, 0.15) is 0 Å². The second-order valence-corrected chi connectivity index (χ2v) is 6.15. The number of H-pyrrole nitrogens is 1. The van der Waals surface area contributed by atoms with E-state index in [1.807, 2.05) is 42.5 Å². The molecule has 0 spiro atoms. The van der Waals surface area contributed by atoms with Gasteiger partial charge in [0.15, 0.2) is 0 Å². The molecule has 0 atom stereocenters. The van der Waals surface area contributed by atoms with E-state index in [0.29, 0.717) is 18.2 Å². The summed E-state index contributed by atoms with van der Waals surface area (Å²) in [6.45, 7) is 0.761. The third kappa shape index (κ3) is 3.26. The van der Waals surface area contributed by atoms with Crippen LogP contribution in [-0.2, 0) is 6.42 Å². The molecule has 0 saturated heterocycles. The molecule has 0 bridgehead atoms. The number of benzene rings is 1. The predicted octanol–water partition coefficient (Wildman–Crippen LogP) is 3.30. The second-order valence-electron chi connectivity index (χ2n) is 6.15. The summed E-state index contributed by atoms with van der Waals surface area (Å²) in [5.74, 6) is 1.38. The lowest BCUT2D eigenvalue weighted by Crippen LogP contribution is -2.12. The van der Waals surface area contributed by atoms with Crippen molar-refractivity contribution in [3.8, 4) is 5.88 Å². The summed E-state index contributed by atoms with van der Waals surface area (Å²) < 4.78 is 5.64. The van der Waals surface area contributed by atoms with Crippen molar-refractivity contribution >= 4 is 10.9 Å². The van der Waals surface area contributed by atoms with Gasteiger partial charge >= 0.3 is 0 Å². The van der Waals surface area contributed by atoms with Gasteiger partial charge in [-0.25, -0.2) is 4.98 Å². The van der Waals surface area contributed by atoms with Gasteiger partial charge in [0.2, 0.25) is 5.88 Å². The first-order chi connectivity index (χ1) is 11.3. The van der Waals surface area contributed by atoms with E-state index >= 15 is 0 Å². The Balaban J connectivity index is 1.52. The highest BCUT2D eigenvalue weighted by Crippen LogP contribution is 2.29. The number of rotatable bonds is 5. The second kappa shape index (κ2) is 5.88. The largest absolute Gasteiger partial charge is 0.477 e. The van der Waals surface area contributed by atoms with E-state index in [9.17, 15) is 4.79 Å². The van der Waals surface area contributed by atoms with Crippen LogP contribution in [0, 0.1) is 5.92 Å². The summed E-state index contributed by atoms with van der Waals surface area (Å²) in [5, 5.41) is 1.04. The van der Waals surface area contributed by atoms with E-state index in [-0.39, 0.29) is 5.56 Å². The first-order valence-electron chi connectivity index (χ1n) is 7.96. The fraction of sp³-hybridized carbons (Fsp3) is 0.263. The molecule has 1 aromatic carbocycles. The van der Waals surface area contributed by atoms with Crippen LogP contribution in [0.1, 0.15) is 24.0 Å². The molecule has 1 saturated carbocycles. The molecule has 3 aromatic rings. The Kier molecular flexibility index (Phi) is 3.58. The number of aromatic amines is 1. The lowest BCUT2D eigenvalue weighted by Gasteiger charge is -2.06. The van der Waals surface area contributed by atoms with Crippen molar-refractivity contribution in [2.45, 2.75) is 19.3 Å². The van der Waals surface area contributed by atoms with Gasteiger partial charge in [-0.05, 0) is 41.8 Å². The molecule has 2 heterocycles. The number of para-hydroxylation sites is 1. The zero-order valence-electron chi connectivity index (χ0n) is 12.8. The highest BCUT2D eigenvalue weighted by Gasteiger charge is 2.22. The molecule has 4 rings (SSSR count). The number of pyridine rings is 2. The summed E-state index contributed by atoms with van der Waals surface area (Å²) in [5.41, 5.74) is 2.57. The molecule has 1 fully saturated rings. The number of aromatic nitrogens is 2. The van der Waals surface area contributed by atoms with Crippen molar-refractivity contribution in [2.24, 2.45) is 5.92 Å². The minimum absolute atomic E-state index is 0.0437. The molecule has 0 radical (unpaired) electrons. The van der Waals surface area contributed by atoms with E-state index in [4.69, 9.17) is 4.74 Å². The normalized spacial score (nSPS) is 14.1. The SMILES string of the molecule is O=c1[nH]c2ccccc2cc1Cc1ccc(OCC2CC2)nc1. The Morgan fingerprint density at radius 3 is 2.83 bits per heavy atom. The van der Waals surface area contributed by atoms with Gasteiger partial charge in [-0.2, -0.15) is 0 Å². The first-order valence-corrected chi connectivity index (χ1v) is 7.96. The highest BCUT2D eigenvalue weighted by molar-refractivity contribution is 5.78. The van der Waals surface area contributed by atoms with Crippen molar-refractivity contribution in [3.63, 3.8) is 0 Å². The average molecular weight is 306 g/mol. The molecule has 2 aromatic heterocycles. The van der Waals surface area contributed by atoms with Crippen LogP contribution in [0.4, 0.5) is 0 Å². The van der Waals surface area contributed by atoms with Crippen LogP contribution in [0.5, 0.6) is 5.88 Å². The molecule has 4 heteroatoms. The van der Waals surface area contributed by atoms with Crippen molar-refractivity contribution in [2.75, 3.05) is 6.61 Å². The van der Waals surface area contributed by atoms with Crippen LogP contribution in [0.15, 0.2) is 53.5 Å². The van der Waals surface area contributed by atoms with Gasteiger partial charge in [-0.1, -0.05) is 24.3 Å². The van der Waals surface area contributed by atoms with E-state index < -0.39 is 0 Å². The quantitative estimate of drug-likeness (QED) is 0.787. The molecule has 23 heavy (non-hydrogen) atoms. The third-order valence-corrected chi connectivity index (χ3v) is 4.19. The topological polar surface area (TPSA) is 55.0 Å². The summed E-state index contributed by atoms with van der Waals surface area (Å²) >= 11 is 0. The van der Waals surface area contributed by atoms with Crippen molar-refractivity contribution in [3.05, 3.63) is 70.1 Å². The van der Waals surface area contributed by atoms with Crippen LogP contribution >= 0.6 is 0 Å². The average Bonchev–Trinajstić information content (AvgIpc) is 3.39. The van der Waals surface area contributed by atoms with E-state index in [1.54, 1.807) is 6.20 Å². The van der Waals surface area contributed by atoms with Crippen molar-refractivity contribution < 1.29 is 4.74 Å². The summed E-state index contributed by atoms with van der Waals surface area (Å²) in [7, 11) is 0. The van der Waals surface area contributed by atoms with Crippen molar-refractivity contribution in [1.82, 2.24) is 9.97 Å². The molecule has 4 nitrogen and oxygen atoms in total. The van der Waals surface area contributed by atoms with Gasteiger partial charge in [-0.3, -0.25) is 4.79 Å². The van der Waals surface area contributed by atoms with Gasteiger partial charge in [0.05, 0.1) is 6.61 Å². The Hall–Kier alpha value is -2.62. The first kappa shape index (κ1) is 14.0. The number of nitrogens with zero attached hydrogens (tertiary/aromatic N) is 1. The smallest absolute Gasteiger partial charge is 0.251 e. The maximum Gasteiger partial charge on any atom is 0.251 e. The number of fused-ring (bicyclic) bond motifs is 1. The lowest BCUT2D eigenvalue weighted by atomic mass is 10.1. The Morgan fingerprint density at radius 1 is 1.17 bits per heavy atom. The van der Waals surface area contributed by atoms with E-state index in [0.717, 1.165) is 28.6 Å². The van der Waals surface area contributed by atoms with Gasteiger partial charge in [0, 0.05) is 29.8 Å². The maximum absolute atomic E-state index is 12.2. The van der Waals surface area contributed by atoms with Crippen molar-refractivity contribution in [1.29, 1.82) is 0 Å². The van der Waals surface area contributed by atoms with Crippen LogP contribution < -0.4 is 10.3 Å². The minimum atomic E-state index is -0.0437. The Labute approximate surface area is 134 Å². The van der Waals surface area contributed by atoms with Crippen LogP contribution in [0.3, 0.4) is 0 Å². The molecule has 0 unspecified atom stereocenters. The standard InChI is InChI=1S/C19H18N2O2/c22-19-16(10-15-3-1-2-4-17(15)21-19)9-14-7-8-18(20-11-14)23-12-13-5-6-13/h1-4,7-8,10-11,13H,5-6,9,12H2,(H,21,22). The summed E-state index contributed by atoms with van der Waals surface area (Å²) in [6, 6.07) is 13.6. The molecule has 1 aliphatic carbocycles. The van der Waals surface area contributed by atoms with E-state index in [1.165, 1.54) is 12.8 Å². The minimum Gasteiger partial charge on any atom is -0.477 e. The number of ether oxygens (including phenoxy) is 1. The fourth-order valence-corrected chi connectivity index (χ4v) is 2.63. The van der Waals surface area contributed by atoms with E-state index in [2.05, 4.69) is 9.97 Å². The summed E-state index contributed by atoms with van der Waals surface area (Å²) in [6.07, 6.45) is 4.89. The highest BCUT2D eigenvalue weighted by atomic mass is 16.5. The van der Waals surface area contributed by atoms with Crippen LogP contribution in [0.25, 0.3) is 10.9 Å². The predicted molar refractivity (Wildman–Crippen MR) is 89.8 cm³/mol. The molecule has 0 amide bonds. The van der Waals surface area contributed by atoms with Gasteiger partial charge in [-0.15, -0.1) is 0 Å². The monoisotopic (exact) mass is 306 g/mol. The molecule has 1 aliphatic rings. The zero-order chi connectivity index (χ0) is 15.6. The third-order valence-electron chi connectivity index (χ3n) is 4.19. The summed E-state index contributed by atoms with van der Waals surface area (Å²) in [4.78, 5) is 19.4. The zero-order valence-corrected chi connectivity index (χ0v) is 12.8. The van der Waals surface area contributed by atoms with Crippen LogP contribution in [0.2, 0.25) is 0 Å². The molecular weight excluding hydrogens is 288 g/mol. The Morgan fingerprint density at radius 2 is 2.04 bits per heavy atom. The van der Waals surface area contributed by atoms with Gasteiger partial charge in [0.25, 0.3) is 5.56 Å². The van der Waals surface area contributed by atoms with Crippen LogP contribution in [-0.4, -0.2) is 16.6 Å².